The van der Waals surface area contributed by atoms with E-state index in [-0.39, 0.29) is 81.8 Å². The van der Waals surface area contributed by atoms with Gasteiger partial charge in [0.05, 0.1) is 31.6 Å². The van der Waals surface area contributed by atoms with Crippen molar-refractivity contribution in [3.8, 4) is 5.75 Å². The number of benzene rings is 2. The molecule has 0 unspecified atom stereocenters. The summed E-state index contributed by atoms with van der Waals surface area (Å²) in [4.78, 5) is 227. The van der Waals surface area contributed by atoms with Crippen molar-refractivity contribution in [1.82, 2.24) is 78.3 Å². The Bertz CT molecular complexity index is 3690. The molecule has 38 nitrogen and oxygen atoms in total. The second kappa shape index (κ2) is 42.4. The Hall–Kier alpha value is -11.2. The largest absolute Gasteiger partial charge is 0.508 e. The number of imidazole rings is 1. The maximum atomic E-state index is 14.8. The molecular formula is C71H102N16O22. The predicted molar refractivity (Wildman–Crippen MR) is 384 cm³/mol. The monoisotopic (exact) mass is 1530 g/mol. The minimum absolute atomic E-state index is 0.0180. The van der Waals surface area contributed by atoms with Crippen molar-refractivity contribution in [1.29, 1.82) is 0 Å². The Balaban J connectivity index is 1.28. The first-order valence-corrected chi connectivity index (χ1v) is 35.8. The number of H-pyrrole nitrogens is 1. The summed E-state index contributed by atoms with van der Waals surface area (Å²) in [7, 11) is 0. The molecule has 20 N–H and O–H groups in total. The molecule has 2 saturated heterocycles. The molecule has 109 heavy (non-hydrogen) atoms. The number of aliphatic hydroxyl groups is 3. The number of aromatic amines is 1. The molecule has 0 radical (unpaired) electrons. The van der Waals surface area contributed by atoms with Gasteiger partial charge in [-0.3, -0.25) is 76.7 Å². The van der Waals surface area contributed by atoms with Crippen LogP contribution in [0.5, 0.6) is 5.75 Å². The molecule has 0 spiro atoms. The molecule has 2 aliphatic rings. The number of carbonyl (C=O) groups excluding carboxylic acids is 14. The average molecular weight is 1530 g/mol. The molecule has 5 rings (SSSR count). The number of aliphatic carboxylic acids is 2. The van der Waals surface area contributed by atoms with Gasteiger partial charge in [0.15, 0.2) is 0 Å². The molecule has 2 aliphatic heterocycles. The highest BCUT2D eigenvalue weighted by Gasteiger charge is 2.46. The zero-order chi connectivity index (χ0) is 81.1. The van der Waals surface area contributed by atoms with Crippen LogP contribution in [-0.4, -0.2) is 255 Å². The summed E-state index contributed by atoms with van der Waals surface area (Å²) in [5.74, 6) is -17.3. The number of hydrogen-bond donors (Lipinski definition) is 19. The molecule has 3 aromatic rings. The smallest absolute Gasteiger partial charge is 0.305 e. The average Bonchev–Trinajstić information content (AvgIpc) is 1.57. The van der Waals surface area contributed by atoms with Gasteiger partial charge in [0.1, 0.15) is 84.3 Å². The Morgan fingerprint density at radius 2 is 1.04 bits per heavy atom. The van der Waals surface area contributed by atoms with Crippen molar-refractivity contribution in [2.45, 2.75) is 223 Å². The molecule has 16 atom stereocenters. The van der Waals surface area contributed by atoms with E-state index in [0.717, 1.165) is 25.7 Å². The fourth-order valence-corrected chi connectivity index (χ4v) is 12.3. The Kier molecular flexibility index (Phi) is 34.4. The molecule has 1 aromatic heterocycles. The van der Waals surface area contributed by atoms with E-state index in [1.807, 2.05) is 0 Å². The highest BCUT2D eigenvalue weighted by atomic mass is 16.4. The number of rotatable bonds is 42. The zero-order valence-electron chi connectivity index (χ0n) is 61.9. The summed E-state index contributed by atoms with van der Waals surface area (Å²) in [6.07, 6.45) is -2.60. The predicted octanol–water partition coefficient (Wildman–Crippen LogP) is -4.83. The fourth-order valence-electron chi connectivity index (χ4n) is 12.3. The maximum absolute atomic E-state index is 14.8. The van der Waals surface area contributed by atoms with Gasteiger partial charge in [0.2, 0.25) is 82.7 Å². The molecule has 2 fully saturated rings. The van der Waals surface area contributed by atoms with Crippen LogP contribution in [-0.2, 0) is 96.0 Å². The van der Waals surface area contributed by atoms with Crippen LogP contribution in [0, 0.1) is 11.8 Å². The highest BCUT2D eigenvalue weighted by Crippen LogP contribution is 2.27. The first-order chi connectivity index (χ1) is 51.4. The third-order valence-corrected chi connectivity index (χ3v) is 18.4. The number of amides is 14. The second-order valence-corrected chi connectivity index (χ2v) is 27.6. The summed E-state index contributed by atoms with van der Waals surface area (Å²) in [5, 5.41) is 87.8. The van der Waals surface area contributed by atoms with Crippen molar-refractivity contribution in [2.24, 2.45) is 17.6 Å². The number of aromatic nitrogens is 2. The van der Waals surface area contributed by atoms with Gasteiger partial charge >= 0.3 is 11.9 Å². The Morgan fingerprint density at radius 1 is 0.541 bits per heavy atom. The zero-order valence-corrected chi connectivity index (χ0v) is 61.9. The standard InChI is InChI=1S/C71H102N16O22/c1-9-36(4)56(67(105)77-46(59(72)97)28-42-19-21-44(92)22-20-42)83-60(98)37(5)75-68(106)57(38(6)89)85-65(103)51(33-88)82-64(102)49(30-43-32-73-34-74-43)78-62(100)47(27-35(2)3)79-66(104)52-17-13-25-86(52)71(109)53-18-14-26-87(53)70(108)50(31-55(95)96)81-63(101)48(29-41-15-11-10-12-16-41)80-69(107)58(39(7)90)84-61(99)45(76-40(8)91)23-24-54(93)94/h10-12,15-16,19-22,32,34-39,45-53,56-58,88-90,92H,9,13-14,17-18,23-31,33H2,1-8H3,(H2,72,97)(H,73,74)(H,75,106)(H,76,91)(H,77,105)(H,78,100)(H,79,104)(H,80,107)(H,81,101)(H,82,102)(H,83,98)(H,84,99)(H,85,103)(H,93,94)(H,95,96)/t36-,37-,38+,39+,45-,46-,47-,48-,49-,50-,51-,52-,53-,56-,57-,58-/m0/s1. The van der Waals surface area contributed by atoms with Crippen molar-refractivity contribution in [2.75, 3.05) is 19.7 Å². The lowest BCUT2D eigenvalue weighted by atomic mass is 9.97. The molecule has 14 amide bonds. The fraction of sp³-hybridized carbons (Fsp3) is 0.563. The number of nitrogens with zero attached hydrogens (tertiary/aromatic N) is 3. The number of likely N-dealkylation sites (tertiary alicyclic amines) is 2. The van der Waals surface area contributed by atoms with Crippen molar-refractivity contribution in [3.63, 3.8) is 0 Å². The van der Waals surface area contributed by atoms with E-state index in [4.69, 9.17) is 5.73 Å². The van der Waals surface area contributed by atoms with E-state index < -0.39 is 217 Å². The van der Waals surface area contributed by atoms with Crippen LogP contribution in [0.1, 0.15) is 130 Å². The number of phenolic OH excluding ortho intramolecular Hbond substituents is 1. The highest BCUT2D eigenvalue weighted by molar-refractivity contribution is 6.01. The first kappa shape index (κ1) is 88.5. The molecular weight excluding hydrogens is 1430 g/mol. The minimum Gasteiger partial charge on any atom is -0.508 e. The van der Waals surface area contributed by atoms with E-state index in [9.17, 15) is 107 Å². The van der Waals surface area contributed by atoms with E-state index in [2.05, 4.69) is 68.5 Å². The lowest BCUT2D eigenvalue weighted by molar-refractivity contribution is -0.150. The molecule has 0 bridgehead atoms. The third-order valence-electron chi connectivity index (χ3n) is 18.4. The molecule has 598 valence electrons. The van der Waals surface area contributed by atoms with Crippen LogP contribution in [0.3, 0.4) is 0 Å². The van der Waals surface area contributed by atoms with Gasteiger partial charge in [-0.2, -0.15) is 0 Å². The van der Waals surface area contributed by atoms with Gasteiger partial charge < -0.3 is 110 Å². The van der Waals surface area contributed by atoms with E-state index in [0.29, 0.717) is 17.5 Å². The van der Waals surface area contributed by atoms with Gasteiger partial charge in [0, 0.05) is 57.6 Å². The SMILES string of the molecule is CC[C@H](C)[C@H](NC(=O)[C@H](C)NC(=O)[C@@H](NC(=O)[C@H](CO)NC(=O)[C@H](Cc1cnc[nH]1)NC(=O)[C@H](CC(C)C)NC(=O)[C@@H]1CCCN1C(=O)[C@@H]1CCCN1C(=O)[C@H](CC(=O)O)NC(=O)[C@H](Cc1ccccc1)NC(=O)[C@@H](NC(=O)[C@H](CCC(=O)O)NC(C)=O)[C@@H](C)O)[C@@H](C)O)C(=O)N[C@@H](Cc1ccc(O)cc1)C(N)=O. The van der Waals surface area contributed by atoms with Crippen molar-refractivity contribution < 1.29 is 107 Å². The van der Waals surface area contributed by atoms with Gasteiger partial charge in [-0.15, -0.1) is 0 Å². The number of primary amides is 1. The number of aliphatic hydroxyl groups excluding tert-OH is 3. The summed E-state index contributed by atoms with van der Waals surface area (Å²) >= 11 is 0. The second-order valence-electron chi connectivity index (χ2n) is 27.6. The summed E-state index contributed by atoms with van der Waals surface area (Å²) in [6.45, 7) is 10.2. The number of aromatic hydroxyl groups is 1. The summed E-state index contributed by atoms with van der Waals surface area (Å²) in [6, 6.07) is -6.19. The van der Waals surface area contributed by atoms with Crippen LogP contribution >= 0.6 is 0 Å². The molecule has 3 heterocycles. The molecule has 0 aliphatic carbocycles. The maximum Gasteiger partial charge on any atom is 0.305 e. The van der Waals surface area contributed by atoms with E-state index in [1.54, 1.807) is 58.0 Å². The van der Waals surface area contributed by atoms with Crippen LogP contribution in [0.25, 0.3) is 0 Å². The number of carboxylic acids is 2. The summed E-state index contributed by atoms with van der Waals surface area (Å²) < 4.78 is 0. The quantitative estimate of drug-likeness (QED) is 0.0253. The Labute approximate surface area is 628 Å². The third kappa shape index (κ3) is 27.2. The topological polar surface area (TPSA) is 588 Å². The number of nitrogens with one attached hydrogen (secondary N) is 12. The number of hydrogen-bond acceptors (Lipinski definition) is 21. The van der Waals surface area contributed by atoms with Crippen LogP contribution in [0.15, 0.2) is 67.1 Å². The minimum atomic E-state index is -1.89. The van der Waals surface area contributed by atoms with Crippen molar-refractivity contribution >= 4 is 94.6 Å². The number of phenols is 1. The van der Waals surface area contributed by atoms with Crippen molar-refractivity contribution in [3.05, 3.63) is 83.9 Å². The normalized spacial score (nSPS) is 17.9. The van der Waals surface area contributed by atoms with Gasteiger partial charge in [-0.1, -0.05) is 76.6 Å². The number of carboxylic acid groups (broad SMARTS) is 2. The lowest BCUT2D eigenvalue weighted by Crippen LogP contribution is -2.62. The Morgan fingerprint density at radius 3 is 1.58 bits per heavy atom. The van der Waals surface area contributed by atoms with Crippen LogP contribution in [0.2, 0.25) is 0 Å². The number of nitrogens with two attached hydrogens (primary N) is 1. The van der Waals surface area contributed by atoms with Crippen LogP contribution in [0.4, 0.5) is 0 Å². The van der Waals surface area contributed by atoms with E-state index >= 15 is 0 Å². The van der Waals surface area contributed by atoms with Gasteiger partial charge in [-0.25, -0.2) is 4.98 Å². The van der Waals surface area contributed by atoms with Crippen LogP contribution < -0.4 is 64.2 Å². The molecule has 38 heteroatoms. The lowest BCUT2D eigenvalue weighted by Gasteiger charge is -2.33. The number of carbonyl (C=O) groups is 16. The van der Waals surface area contributed by atoms with Gasteiger partial charge in [0.25, 0.3) is 0 Å². The molecule has 2 aromatic carbocycles. The van der Waals surface area contributed by atoms with E-state index in [1.165, 1.54) is 48.6 Å². The van der Waals surface area contributed by atoms with Gasteiger partial charge in [-0.05, 0) is 94.4 Å². The first-order valence-electron chi connectivity index (χ1n) is 35.8. The molecule has 0 saturated carbocycles. The summed E-state index contributed by atoms with van der Waals surface area (Å²) in [5.41, 5.74) is 6.89.